The number of rotatable bonds is 7. The molecular weight excluding hydrogens is 421 g/mol. The van der Waals surface area contributed by atoms with Crippen LogP contribution in [0.25, 0.3) is 0 Å². The molecule has 10 heteroatoms. The van der Waals surface area contributed by atoms with Crippen molar-refractivity contribution in [2.24, 2.45) is 0 Å². The first-order valence-electron chi connectivity index (χ1n) is 10.1. The molecule has 1 amide bonds. The van der Waals surface area contributed by atoms with Crippen molar-refractivity contribution >= 4 is 33.3 Å². The molecule has 2 saturated heterocycles. The van der Waals surface area contributed by atoms with Gasteiger partial charge in [-0.25, -0.2) is 9.97 Å². The van der Waals surface area contributed by atoms with E-state index in [4.69, 9.17) is 0 Å². The monoisotopic (exact) mass is 448 g/mol. The van der Waals surface area contributed by atoms with Gasteiger partial charge in [-0.05, 0) is 39.0 Å². The second-order valence-electron chi connectivity index (χ2n) is 7.56. The summed E-state index contributed by atoms with van der Waals surface area (Å²) in [5, 5.41) is 3.82. The molecular formula is C19H27F3N4OS2. The molecule has 0 aromatic carbocycles. The number of carbonyl (C=O) groups is 1. The number of alkyl halides is 3. The predicted octanol–water partition coefficient (Wildman–Crippen LogP) is 4.60. The zero-order valence-electron chi connectivity index (χ0n) is 16.5. The molecule has 0 aliphatic carbocycles. The van der Waals surface area contributed by atoms with Crippen molar-refractivity contribution in [3.63, 3.8) is 0 Å². The van der Waals surface area contributed by atoms with Crippen molar-refractivity contribution in [3.05, 3.63) is 17.6 Å². The van der Waals surface area contributed by atoms with E-state index in [1.165, 1.54) is 25.5 Å². The maximum atomic E-state index is 13.0. The Morgan fingerprint density at radius 2 is 2.00 bits per heavy atom. The Balaban J connectivity index is 1.40. The van der Waals surface area contributed by atoms with Gasteiger partial charge in [0.25, 0.3) is 0 Å². The summed E-state index contributed by atoms with van der Waals surface area (Å²) in [4.78, 5) is 21.7. The average Bonchev–Trinajstić information content (AvgIpc) is 3.18. The standard InChI is InChI=1S/C19H27F3N4OS2/c1-13-23-16(19(20,21)22)12-17(24-13)26-9-6-14(7-10-26)25-18(27)5-3-2-4-15-8-11-28-29-15/h12,14-15H,2-11H2,1H3,(H,25,27)/t15-/m1/s1. The highest BCUT2D eigenvalue weighted by Crippen LogP contribution is 2.39. The summed E-state index contributed by atoms with van der Waals surface area (Å²) < 4.78 is 38.9. The maximum Gasteiger partial charge on any atom is 0.433 e. The van der Waals surface area contributed by atoms with Gasteiger partial charge in [0.05, 0.1) is 0 Å². The highest BCUT2D eigenvalue weighted by atomic mass is 33.1. The SMILES string of the molecule is Cc1nc(N2CCC(NC(=O)CCCC[C@@H]3CCSS3)CC2)cc(C(F)(F)F)n1. The Bertz CT molecular complexity index is 691. The number of halogens is 3. The molecule has 1 aromatic heterocycles. The highest BCUT2D eigenvalue weighted by molar-refractivity contribution is 8.77. The molecule has 2 fully saturated rings. The fraction of sp³-hybridized carbons (Fsp3) is 0.737. The third-order valence-electron chi connectivity index (χ3n) is 5.21. The first-order chi connectivity index (χ1) is 13.8. The van der Waals surface area contributed by atoms with Crippen LogP contribution in [0.5, 0.6) is 0 Å². The van der Waals surface area contributed by atoms with E-state index in [0.29, 0.717) is 38.2 Å². The van der Waals surface area contributed by atoms with Crippen molar-refractivity contribution in [1.82, 2.24) is 15.3 Å². The van der Waals surface area contributed by atoms with E-state index in [1.807, 2.05) is 26.5 Å². The molecule has 2 aliphatic heterocycles. The topological polar surface area (TPSA) is 58.1 Å². The molecule has 3 heterocycles. The van der Waals surface area contributed by atoms with E-state index in [0.717, 1.165) is 24.2 Å². The van der Waals surface area contributed by atoms with Gasteiger partial charge in [-0.15, -0.1) is 0 Å². The molecule has 5 nitrogen and oxygen atoms in total. The fourth-order valence-electron chi connectivity index (χ4n) is 3.63. The van der Waals surface area contributed by atoms with Crippen LogP contribution in [0.15, 0.2) is 6.07 Å². The molecule has 1 atom stereocenters. The third kappa shape index (κ3) is 6.94. The number of nitrogens with zero attached hydrogens (tertiary/aromatic N) is 3. The van der Waals surface area contributed by atoms with Gasteiger partial charge in [0, 0.05) is 42.6 Å². The Labute approximate surface area is 177 Å². The molecule has 0 unspecified atom stereocenters. The first-order valence-corrected chi connectivity index (χ1v) is 12.4. The molecule has 29 heavy (non-hydrogen) atoms. The number of hydrogen-bond donors (Lipinski definition) is 1. The lowest BCUT2D eigenvalue weighted by Gasteiger charge is -2.33. The number of unbranched alkanes of at least 4 members (excludes halogenated alkanes) is 1. The first kappa shape index (κ1) is 22.5. The van der Waals surface area contributed by atoms with Crippen molar-refractivity contribution in [3.8, 4) is 0 Å². The Hall–Kier alpha value is -1.16. The van der Waals surface area contributed by atoms with E-state index >= 15 is 0 Å². The molecule has 1 N–H and O–H groups in total. The number of anilines is 1. The molecule has 2 aliphatic rings. The lowest BCUT2D eigenvalue weighted by Crippen LogP contribution is -2.45. The van der Waals surface area contributed by atoms with Gasteiger partial charge in [-0.1, -0.05) is 28.0 Å². The van der Waals surface area contributed by atoms with Gasteiger partial charge >= 0.3 is 6.18 Å². The Morgan fingerprint density at radius 1 is 1.24 bits per heavy atom. The minimum Gasteiger partial charge on any atom is -0.356 e. The quantitative estimate of drug-likeness (QED) is 0.486. The minimum atomic E-state index is -4.48. The second-order valence-corrected chi connectivity index (χ2v) is 10.3. The van der Waals surface area contributed by atoms with Gasteiger partial charge < -0.3 is 10.2 Å². The van der Waals surface area contributed by atoms with Crippen LogP contribution in [-0.4, -0.2) is 46.0 Å². The number of aromatic nitrogens is 2. The van der Waals surface area contributed by atoms with Crippen LogP contribution in [0.2, 0.25) is 0 Å². The fourth-order valence-corrected chi connectivity index (χ4v) is 6.66. The summed E-state index contributed by atoms with van der Waals surface area (Å²) in [6.07, 6.45) is 1.91. The number of hydrogen-bond acceptors (Lipinski definition) is 6. The van der Waals surface area contributed by atoms with Gasteiger partial charge in [0.1, 0.15) is 17.3 Å². The van der Waals surface area contributed by atoms with Crippen molar-refractivity contribution in [1.29, 1.82) is 0 Å². The van der Waals surface area contributed by atoms with E-state index < -0.39 is 11.9 Å². The van der Waals surface area contributed by atoms with Crippen molar-refractivity contribution in [2.75, 3.05) is 23.7 Å². The lowest BCUT2D eigenvalue weighted by molar-refractivity contribution is -0.141. The van der Waals surface area contributed by atoms with Gasteiger partial charge in [-0.3, -0.25) is 4.79 Å². The molecule has 0 radical (unpaired) electrons. The molecule has 0 spiro atoms. The zero-order valence-corrected chi connectivity index (χ0v) is 18.1. The summed E-state index contributed by atoms with van der Waals surface area (Å²) >= 11 is 0. The summed E-state index contributed by atoms with van der Waals surface area (Å²) in [5.41, 5.74) is -0.912. The van der Waals surface area contributed by atoms with E-state index in [2.05, 4.69) is 15.3 Å². The van der Waals surface area contributed by atoms with Crippen LogP contribution < -0.4 is 10.2 Å². The molecule has 1 aromatic rings. The average molecular weight is 449 g/mol. The van der Waals surface area contributed by atoms with Crippen LogP contribution in [0.1, 0.15) is 56.5 Å². The van der Waals surface area contributed by atoms with Crippen LogP contribution in [0.3, 0.4) is 0 Å². The smallest absolute Gasteiger partial charge is 0.356 e. The number of carbonyl (C=O) groups excluding carboxylic acids is 1. The van der Waals surface area contributed by atoms with Gasteiger partial charge in [-0.2, -0.15) is 13.2 Å². The van der Waals surface area contributed by atoms with Crippen molar-refractivity contribution in [2.45, 2.75) is 69.3 Å². The summed E-state index contributed by atoms with van der Waals surface area (Å²) in [7, 11) is 3.91. The number of aryl methyl sites for hydroxylation is 1. The Morgan fingerprint density at radius 3 is 2.66 bits per heavy atom. The normalized spacial score (nSPS) is 20.8. The summed E-state index contributed by atoms with van der Waals surface area (Å²) in [6, 6.07) is 1.08. The number of amides is 1. The lowest BCUT2D eigenvalue weighted by atomic mass is 10.0. The van der Waals surface area contributed by atoms with Crippen molar-refractivity contribution < 1.29 is 18.0 Å². The maximum absolute atomic E-state index is 13.0. The number of piperidine rings is 1. The minimum absolute atomic E-state index is 0.0746. The zero-order chi connectivity index (χ0) is 20.9. The predicted molar refractivity (Wildman–Crippen MR) is 112 cm³/mol. The highest BCUT2D eigenvalue weighted by Gasteiger charge is 2.34. The van der Waals surface area contributed by atoms with E-state index in [1.54, 1.807) is 0 Å². The second kappa shape index (κ2) is 10.2. The van der Waals surface area contributed by atoms with E-state index in [-0.39, 0.29) is 17.8 Å². The molecule has 3 rings (SSSR count). The molecule has 0 saturated carbocycles. The molecule has 162 valence electrons. The largest absolute Gasteiger partial charge is 0.433 e. The van der Waals surface area contributed by atoms with Gasteiger partial charge in [0.2, 0.25) is 5.91 Å². The Kier molecular flexibility index (Phi) is 7.95. The van der Waals surface area contributed by atoms with Crippen LogP contribution in [-0.2, 0) is 11.0 Å². The molecule has 0 bridgehead atoms. The summed E-state index contributed by atoms with van der Waals surface area (Å²) in [5.74, 6) is 1.73. The number of nitrogens with one attached hydrogen (secondary N) is 1. The van der Waals surface area contributed by atoms with Crippen LogP contribution in [0, 0.1) is 6.92 Å². The van der Waals surface area contributed by atoms with Crippen LogP contribution >= 0.6 is 21.6 Å². The van der Waals surface area contributed by atoms with Gasteiger partial charge in [0.15, 0.2) is 0 Å². The van der Waals surface area contributed by atoms with Crippen LogP contribution in [0.4, 0.5) is 19.0 Å². The van der Waals surface area contributed by atoms with E-state index in [9.17, 15) is 18.0 Å². The summed E-state index contributed by atoms with van der Waals surface area (Å²) in [6.45, 7) is 2.60. The third-order valence-corrected chi connectivity index (χ3v) is 8.21.